The topological polar surface area (TPSA) is 55.2 Å². The first-order chi connectivity index (χ1) is 14.3. The molecule has 158 valence electrons. The number of pyridine rings is 2. The zero-order valence-corrected chi connectivity index (χ0v) is 17.9. The minimum Gasteiger partial charge on any atom is -0.338 e. The number of carbonyl (C=O) groups excluding carboxylic acids is 1. The van der Waals surface area contributed by atoms with Crippen molar-refractivity contribution < 1.29 is 9.18 Å². The van der Waals surface area contributed by atoms with Gasteiger partial charge in [0.25, 0.3) is 11.5 Å². The van der Waals surface area contributed by atoms with Crippen molar-refractivity contribution in [3.05, 3.63) is 76.0 Å². The second kappa shape index (κ2) is 9.20. The molecule has 3 rings (SSSR count). The standard InChI is InChI=1S/C24H28FN3O2/c1-16(2)13-27(14-17(3)4)23(29)20-12-18-9-7-11-26-22(18)28(24(20)30)15-19-8-5-6-10-21(19)25/h5-12,16-17H,13-15H2,1-4H3. The van der Waals surface area contributed by atoms with Crippen LogP contribution in [0.25, 0.3) is 11.0 Å². The third-order valence-electron chi connectivity index (χ3n) is 4.82. The predicted molar refractivity (Wildman–Crippen MR) is 117 cm³/mol. The largest absolute Gasteiger partial charge is 0.338 e. The van der Waals surface area contributed by atoms with Gasteiger partial charge in [0.15, 0.2) is 0 Å². The van der Waals surface area contributed by atoms with Gasteiger partial charge in [-0.3, -0.25) is 14.2 Å². The Kier molecular flexibility index (Phi) is 6.65. The molecule has 0 spiro atoms. The molecule has 0 unspecified atom stereocenters. The summed E-state index contributed by atoms with van der Waals surface area (Å²) in [5.41, 5.74) is 0.444. The van der Waals surface area contributed by atoms with E-state index in [-0.39, 0.29) is 29.9 Å². The van der Waals surface area contributed by atoms with Crippen molar-refractivity contribution >= 4 is 16.9 Å². The molecule has 0 aliphatic carbocycles. The highest BCUT2D eigenvalue weighted by molar-refractivity contribution is 5.97. The maximum absolute atomic E-state index is 14.3. The van der Waals surface area contributed by atoms with Gasteiger partial charge in [0.05, 0.1) is 6.54 Å². The van der Waals surface area contributed by atoms with Crippen LogP contribution in [0.5, 0.6) is 0 Å². The number of benzene rings is 1. The van der Waals surface area contributed by atoms with Crippen LogP contribution in [0.15, 0.2) is 53.5 Å². The van der Waals surface area contributed by atoms with Crippen LogP contribution < -0.4 is 5.56 Å². The van der Waals surface area contributed by atoms with E-state index in [1.807, 2.05) is 33.8 Å². The third-order valence-corrected chi connectivity index (χ3v) is 4.82. The average Bonchev–Trinajstić information content (AvgIpc) is 2.69. The van der Waals surface area contributed by atoms with Gasteiger partial charge in [-0.2, -0.15) is 0 Å². The molecule has 3 aromatic rings. The first kappa shape index (κ1) is 21.7. The Balaban J connectivity index is 2.14. The first-order valence-electron chi connectivity index (χ1n) is 10.3. The summed E-state index contributed by atoms with van der Waals surface area (Å²) in [7, 11) is 0. The lowest BCUT2D eigenvalue weighted by molar-refractivity contribution is 0.0713. The lowest BCUT2D eigenvalue weighted by Gasteiger charge is -2.26. The molecule has 1 amide bonds. The second-order valence-electron chi connectivity index (χ2n) is 8.45. The lowest BCUT2D eigenvalue weighted by atomic mass is 10.1. The van der Waals surface area contributed by atoms with Gasteiger partial charge in [0, 0.05) is 30.2 Å². The number of hydrogen-bond donors (Lipinski definition) is 0. The SMILES string of the molecule is CC(C)CN(CC(C)C)C(=O)c1cc2cccnc2n(Cc2ccccc2F)c1=O. The quantitative estimate of drug-likeness (QED) is 0.583. The maximum Gasteiger partial charge on any atom is 0.265 e. The number of amides is 1. The summed E-state index contributed by atoms with van der Waals surface area (Å²) in [6, 6.07) is 11.5. The normalized spacial score (nSPS) is 11.4. The third kappa shape index (κ3) is 4.75. The molecule has 30 heavy (non-hydrogen) atoms. The minimum absolute atomic E-state index is 0.00843. The molecule has 2 aromatic heterocycles. The highest BCUT2D eigenvalue weighted by Gasteiger charge is 2.23. The van der Waals surface area contributed by atoms with Crippen molar-refractivity contribution in [2.75, 3.05) is 13.1 Å². The highest BCUT2D eigenvalue weighted by atomic mass is 19.1. The number of aromatic nitrogens is 2. The van der Waals surface area contributed by atoms with Crippen LogP contribution >= 0.6 is 0 Å². The van der Waals surface area contributed by atoms with E-state index in [1.54, 1.807) is 41.4 Å². The van der Waals surface area contributed by atoms with E-state index in [2.05, 4.69) is 4.98 Å². The zero-order valence-electron chi connectivity index (χ0n) is 17.9. The summed E-state index contributed by atoms with van der Waals surface area (Å²) in [5, 5.41) is 0.672. The van der Waals surface area contributed by atoms with Gasteiger partial charge >= 0.3 is 0 Å². The van der Waals surface area contributed by atoms with Gasteiger partial charge in [0.2, 0.25) is 0 Å². The van der Waals surface area contributed by atoms with Crippen molar-refractivity contribution in [3.8, 4) is 0 Å². The summed E-state index contributed by atoms with van der Waals surface area (Å²) >= 11 is 0. The summed E-state index contributed by atoms with van der Waals surface area (Å²) in [4.78, 5) is 32.8. The van der Waals surface area contributed by atoms with Gasteiger partial charge in [-0.1, -0.05) is 45.9 Å². The van der Waals surface area contributed by atoms with Crippen LogP contribution in [0.3, 0.4) is 0 Å². The Morgan fingerprint density at radius 2 is 1.73 bits per heavy atom. The van der Waals surface area contributed by atoms with Crippen molar-refractivity contribution in [2.24, 2.45) is 11.8 Å². The van der Waals surface area contributed by atoms with E-state index in [0.29, 0.717) is 29.7 Å². The molecule has 6 heteroatoms. The summed E-state index contributed by atoms with van der Waals surface area (Å²) < 4.78 is 15.7. The summed E-state index contributed by atoms with van der Waals surface area (Å²) in [6.07, 6.45) is 1.59. The Morgan fingerprint density at radius 1 is 1.07 bits per heavy atom. The van der Waals surface area contributed by atoms with Crippen LogP contribution in [0.1, 0.15) is 43.6 Å². The van der Waals surface area contributed by atoms with Crippen LogP contribution in [-0.2, 0) is 6.54 Å². The molecule has 0 saturated carbocycles. The molecule has 0 aliphatic heterocycles. The van der Waals surface area contributed by atoms with Crippen LogP contribution in [0, 0.1) is 17.7 Å². The molecule has 0 bridgehead atoms. The molecular formula is C24H28FN3O2. The first-order valence-corrected chi connectivity index (χ1v) is 10.3. The van der Waals surface area contributed by atoms with E-state index >= 15 is 0 Å². The van der Waals surface area contributed by atoms with E-state index in [0.717, 1.165) is 0 Å². The van der Waals surface area contributed by atoms with Gasteiger partial charge < -0.3 is 4.90 Å². The molecule has 5 nitrogen and oxygen atoms in total. The lowest BCUT2D eigenvalue weighted by Crippen LogP contribution is -2.40. The van der Waals surface area contributed by atoms with Gasteiger partial charge in [-0.15, -0.1) is 0 Å². The Labute approximate surface area is 176 Å². The number of fused-ring (bicyclic) bond motifs is 1. The molecule has 0 radical (unpaired) electrons. The van der Waals surface area contributed by atoms with Crippen LogP contribution in [0.2, 0.25) is 0 Å². The molecule has 2 heterocycles. The Bertz CT molecular complexity index is 1100. The summed E-state index contributed by atoms with van der Waals surface area (Å²) in [6.45, 7) is 9.31. The van der Waals surface area contributed by atoms with E-state index in [1.165, 1.54) is 10.6 Å². The van der Waals surface area contributed by atoms with Crippen LogP contribution in [-0.4, -0.2) is 33.4 Å². The number of halogens is 1. The summed E-state index contributed by atoms with van der Waals surface area (Å²) in [5.74, 6) is -0.146. The minimum atomic E-state index is -0.452. The number of hydrogen-bond acceptors (Lipinski definition) is 3. The predicted octanol–water partition coefficient (Wildman–Crippen LogP) is 4.34. The van der Waals surface area contributed by atoms with Crippen LogP contribution in [0.4, 0.5) is 4.39 Å². The fourth-order valence-electron chi connectivity index (χ4n) is 3.60. The fourth-order valence-corrected chi connectivity index (χ4v) is 3.60. The Hall–Kier alpha value is -3.02. The molecule has 0 atom stereocenters. The number of rotatable bonds is 7. The van der Waals surface area contributed by atoms with Crippen molar-refractivity contribution in [1.29, 1.82) is 0 Å². The number of nitrogens with zero attached hydrogens (tertiary/aromatic N) is 3. The number of carbonyl (C=O) groups is 1. The molecule has 0 aliphatic rings. The van der Waals surface area contributed by atoms with Gasteiger partial charge in [-0.25, -0.2) is 9.37 Å². The molecule has 0 fully saturated rings. The molecule has 1 aromatic carbocycles. The molecular weight excluding hydrogens is 381 g/mol. The van der Waals surface area contributed by atoms with Gasteiger partial charge in [-0.05, 0) is 36.1 Å². The van der Waals surface area contributed by atoms with E-state index < -0.39 is 11.4 Å². The maximum atomic E-state index is 14.3. The zero-order chi connectivity index (χ0) is 21.8. The Morgan fingerprint density at radius 3 is 2.37 bits per heavy atom. The molecule has 0 N–H and O–H groups in total. The molecule has 0 saturated heterocycles. The van der Waals surface area contributed by atoms with Gasteiger partial charge in [0.1, 0.15) is 17.0 Å². The monoisotopic (exact) mass is 409 g/mol. The average molecular weight is 410 g/mol. The second-order valence-corrected chi connectivity index (χ2v) is 8.45. The van der Waals surface area contributed by atoms with Crippen molar-refractivity contribution in [3.63, 3.8) is 0 Å². The fraction of sp³-hybridized carbons (Fsp3) is 0.375. The smallest absolute Gasteiger partial charge is 0.265 e. The van der Waals surface area contributed by atoms with E-state index in [4.69, 9.17) is 0 Å². The van der Waals surface area contributed by atoms with Crippen molar-refractivity contribution in [2.45, 2.75) is 34.2 Å². The van der Waals surface area contributed by atoms with E-state index in [9.17, 15) is 14.0 Å². The van der Waals surface area contributed by atoms with Crippen molar-refractivity contribution in [1.82, 2.24) is 14.5 Å². The highest BCUT2D eigenvalue weighted by Crippen LogP contribution is 2.16.